The van der Waals surface area contributed by atoms with Gasteiger partial charge in [0, 0.05) is 32.7 Å². The molecule has 1 aromatic carbocycles. The standard InChI is InChI=1S/C14H22N2O3/c1-16(2)14(19)8-5-11-3-6-12(7-4-11)15-9-13(18)10-17/h3-4,6-7,13,15,17-18H,5,8-10H2,1-2H3. The van der Waals surface area contributed by atoms with E-state index >= 15 is 0 Å². The summed E-state index contributed by atoms with van der Waals surface area (Å²) in [6.07, 6.45) is 0.469. The van der Waals surface area contributed by atoms with Crippen LogP contribution in [0.2, 0.25) is 0 Å². The summed E-state index contributed by atoms with van der Waals surface area (Å²) in [7, 11) is 3.50. The van der Waals surface area contributed by atoms with Crippen molar-refractivity contribution < 1.29 is 15.0 Å². The molecule has 1 amide bonds. The number of amides is 1. The van der Waals surface area contributed by atoms with E-state index in [0.717, 1.165) is 17.7 Å². The van der Waals surface area contributed by atoms with E-state index in [2.05, 4.69) is 5.32 Å². The van der Waals surface area contributed by atoms with Gasteiger partial charge in [0.1, 0.15) is 0 Å². The lowest BCUT2D eigenvalue weighted by atomic mass is 10.1. The van der Waals surface area contributed by atoms with Gasteiger partial charge in [0.2, 0.25) is 5.91 Å². The molecule has 0 aliphatic rings. The lowest BCUT2D eigenvalue weighted by Crippen LogP contribution is -2.23. The van der Waals surface area contributed by atoms with Crippen LogP contribution in [0.1, 0.15) is 12.0 Å². The number of carbonyl (C=O) groups is 1. The van der Waals surface area contributed by atoms with Crippen LogP contribution >= 0.6 is 0 Å². The highest BCUT2D eigenvalue weighted by atomic mass is 16.3. The minimum Gasteiger partial charge on any atom is -0.394 e. The number of anilines is 1. The molecule has 5 heteroatoms. The highest BCUT2D eigenvalue weighted by Crippen LogP contribution is 2.11. The molecule has 0 fully saturated rings. The van der Waals surface area contributed by atoms with E-state index in [4.69, 9.17) is 5.11 Å². The Balaban J connectivity index is 2.41. The van der Waals surface area contributed by atoms with Crippen LogP contribution < -0.4 is 5.32 Å². The predicted octanol–water partition coefficient (Wildman–Crippen LogP) is 0.472. The van der Waals surface area contributed by atoms with Crippen molar-refractivity contribution in [2.24, 2.45) is 0 Å². The van der Waals surface area contributed by atoms with Crippen LogP contribution in [0.3, 0.4) is 0 Å². The van der Waals surface area contributed by atoms with Crippen molar-refractivity contribution in [2.45, 2.75) is 18.9 Å². The molecule has 0 radical (unpaired) electrons. The third-order valence-electron chi connectivity index (χ3n) is 2.83. The lowest BCUT2D eigenvalue weighted by molar-refractivity contribution is -0.128. The Labute approximate surface area is 113 Å². The first-order chi connectivity index (χ1) is 9.02. The molecule has 0 saturated carbocycles. The fourth-order valence-corrected chi connectivity index (χ4v) is 1.56. The second-order valence-electron chi connectivity index (χ2n) is 4.70. The van der Waals surface area contributed by atoms with E-state index in [1.165, 1.54) is 0 Å². The van der Waals surface area contributed by atoms with Crippen molar-refractivity contribution in [3.63, 3.8) is 0 Å². The fraction of sp³-hybridized carbons (Fsp3) is 0.500. The maximum Gasteiger partial charge on any atom is 0.222 e. The summed E-state index contributed by atoms with van der Waals surface area (Å²) in [5.41, 5.74) is 1.98. The monoisotopic (exact) mass is 266 g/mol. The zero-order valence-electron chi connectivity index (χ0n) is 11.5. The van der Waals surface area contributed by atoms with Crippen LogP contribution in [0.5, 0.6) is 0 Å². The Morgan fingerprint density at radius 2 is 1.95 bits per heavy atom. The van der Waals surface area contributed by atoms with Crippen molar-refractivity contribution in [2.75, 3.05) is 32.6 Å². The van der Waals surface area contributed by atoms with Crippen LogP contribution in [0.4, 0.5) is 5.69 Å². The van der Waals surface area contributed by atoms with E-state index < -0.39 is 6.10 Å². The Kier molecular flexibility index (Phi) is 6.32. The molecule has 0 bridgehead atoms. The van der Waals surface area contributed by atoms with Gasteiger partial charge in [0.25, 0.3) is 0 Å². The molecule has 0 heterocycles. The number of aryl methyl sites for hydroxylation is 1. The maximum atomic E-state index is 11.5. The molecule has 19 heavy (non-hydrogen) atoms. The SMILES string of the molecule is CN(C)C(=O)CCc1ccc(NCC(O)CO)cc1. The number of carbonyl (C=O) groups excluding carboxylic acids is 1. The van der Waals surface area contributed by atoms with Crippen molar-refractivity contribution in [3.05, 3.63) is 29.8 Å². The fourth-order valence-electron chi connectivity index (χ4n) is 1.56. The zero-order valence-corrected chi connectivity index (χ0v) is 11.5. The van der Waals surface area contributed by atoms with Crippen molar-refractivity contribution in [1.82, 2.24) is 4.90 Å². The molecule has 0 aliphatic heterocycles. The summed E-state index contributed by atoms with van der Waals surface area (Å²) in [5.74, 6) is 0.119. The van der Waals surface area contributed by atoms with E-state index in [1.54, 1.807) is 19.0 Å². The van der Waals surface area contributed by atoms with E-state index in [1.807, 2.05) is 24.3 Å². The van der Waals surface area contributed by atoms with Gasteiger partial charge in [-0.2, -0.15) is 0 Å². The zero-order chi connectivity index (χ0) is 14.3. The van der Waals surface area contributed by atoms with Gasteiger partial charge in [0.05, 0.1) is 12.7 Å². The van der Waals surface area contributed by atoms with Crippen LogP contribution in [0, 0.1) is 0 Å². The van der Waals surface area contributed by atoms with Crippen molar-refractivity contribution in [1.29, 1.82) is 0 Å². The van der Waals surface area contributed by atoms with Gasteiger partial charge in [-0.3, -0.25) is 4.79 Å². The smallest absolute Gasteiger partial charge is 0.222 e. The largest absolute Gasteiger partial charge is 0.394 e. The number of nitrogens with zero attached hydrogens (tertiary/aromatic N) is 1. The summed E-state index contributed by atoms with van der Waals surface area (Å²) in [6, 6.07) is 7.71. The highest BCUT2D eigenvalue weighted by molar-refractivity contribution is 5.75. The van der Waals surface area contributed by atoms with Crippen molar-refractivity contribution >= 4 is 11.6 Å². The van der Waals surface area contributed by atoms with Gasteiger partial charge in [-0.1, -0.05) is 12.1 Å². The second-order valence-corrected chi connectivity index (χ2v) is 4.70. The second kappa shape index (κ2) is 7.76. The molecule has 3 N–H and O–H groups in total. The molecule has 1 rings (SSSR count). The van der Waals surface area contributed by atoms with Gasteiger partial charge in [-0.25, -0.2) is 0 Å². The Morgan fingerprint density at radius 3 is 2.47 bits per heavy atom. The first-order valence-corrected chi connectivity index (χ1v) is 6.35. The van der Waals surface area contributed by atoms with E-state index in [0.29, 0.717) is 13.0 Å². The highest BCUT2D eigenvalue weighted by Gasteiger charge is 2.05. The minimum atomic E-state index is -0.752. The Bertz CT molecular complexity index is 390. The average molecular weight is 266 g/mol. The first-order valence-electron chi connectivity index (χ1n) is 6.35. The van der Waals surface area contributed by atoms with E-state index in [-0.39, 0.29) is 12.5 Å². The summed E-state index contributed by atoms with van der Waals surface area (Å²) in [6.45, 7) is 0.0622. The van der Waals surface area contributed by atoms with Gasteiger partial charge in [-0.05, 0) is 24.1 Å². The first kappa shape index (κ1) is 15.5. The third-order valence-corrected chi connectivity index (χ3v) is 2.83. The Morgan fingerprint density at radius 1 is 1.32 bits per heavy atom. The average Bonchev–Trinajstić information content (AvgIpc) is 2.42. The van der Waals surface area contributed by atoms with Crippen LogP contribution in [0.25, 0.3) is 0 Å². The molecular formula is C14H22N2O3. The summed E-state index contributed by atoms with van der Waals surface area (Å²) < 4.78 is 0. The van der Waals surface area contributed by atoms with Gasteiger partial charge >= 0.3 is 0 Å². The van der Waals surface area contributed by atoms with Gasteiger partial charge < -0.3 is 20.4 Å². The number of nitrogens with one attached hydrogen (secondary N) is 1. The molecule has 1 aromatic rings. The molecule has 0 aliphatic carbocycles. The topological polar surface area (TPSA) is 72.8 Å². The van der Waals surface area contributed by atoms with E-state index in [9.17, 15) is 9.90 Å². The minimum absolute atomic E-state index is 0.119. The molecule has 0 aromatic heterocycles. The van der Waals surface area contributed by atoms with Gasteiger partial charge in [0.15, 0.2) is 0 Å². The number of hydrogen-bond acceptors (Lipinski definition) is 4. The van der Waals surface area contributed by atoms with Gasteiger partial charge in [-0.15, -0.1) is 0 Å². The number of aliphatic hydroxyl groups excluding tert-OH is 2. The normalized spacial score (nSPS) is 12.0. The molecule has 0 saturated heterocycles. The number of hydrogen-bond donors (Lipinski definition) is 3. The molecule has 106 valence electrons. The summed E-state index contributed by atoms with van der Waals surface area (Å²) >= 11 is 0. The summed E-state index contributed by atoms with van der Waals surface area (Å²) in [5, 5.41) is 20.9. The number of aliphatic hydroxyl groups is 2. The number of rotatable bonds is 7. The Hall–Kier alpha value is -1.59. The van der Waals surface area contributed by atoms with Crippen LogP contribution in [-0.2, 0) is 11.2 Å². The molecule has 0 spiro atoms. The summed E-state index contributed by atoms with van der Waals surface area (Å²) in [4.78, 5) is 13.0. The third kappa shape index (κ3) is 5.72. The molecule has 1 atom stereocenters. The number of benzene rings is 1. The quantitative estimate of drug-likeness (QED) is 0.671. The lowest BCUT2D eigenvalue weighted by Gasteiger charge is -2.11. The molecule has 5 nitrogen and oxygen atoms in total. The maximum absolute atomic E-state index is 11.5. The van der Waals surface area contributed by atoms with Crippen LogP contribution in [0.15, 0.2) is 24.3 Å². The van der Waals surface area contributed by atoms with Crippen LogP contribution in [-0.4, -0.2) is 54.4 Å². The molecule has 1 unspecified atom stereocenters. The van der Waals surface area contributed by atoms with Crippen molar-refractivity contribution in [3.8, 4) is 0 Å². The molecular weight excluding hydrogens is 244 g/mol. The predicted molar refractivity (Wildman–Crippen MR) is 75.0 cm³/mol.